The van der Waals surface area contributed by atoms with E-state index in [1.54, 1.807) is 6.07 Å². The topological polar surface area (TPSA) is 96.0 Å². The summed E-state index contributed by atoms with van der Waals surface area (Å²) in [6.07, 6.45) is 0. The van der Waals surface area contributed by atoms with Crippen LogP contribution in [0.2, 0.25) is 0 Å². The van der Waals surface area contributed by atoms with Crippen LogP contribution >= 0.6 is 0 Å². The molecule has 1 unspecified atom stereocenters. The molecule has 1 atom stereocenters. The van der Waals surface area contributed by atoms with Crippen molar-refractivity contribution in [2.24, 2.45) is 7.05 Å². The molecule has 1 aromatic heterocycles. The van der Waals surface area contributed by atoms with E-state index in [9.17, 15) is 18.8 Å². The third-order valence-electron chi connectivity index (χ3n) is 3.34. The number of hydrogen-bond donors (Lipinski definition) is 3. The van der Waals surface area contributed by atoms with E-state index in [2.05, 4.69) is 15.6 Å². The van der Waals surface area contributed by atoms with Crippen LogP contribution < -0.4 is 21.9 Å². The molecule has 0 fully saturated rings. The van der Waals surface area contributed by atoms with E-state index < -0.39 is 29.1 Å². The lowest BCUT2D eigenvalue weighted by Gasteiger charge is -2.27. The number of H-pyrrole nitrogens is 1. The summed E-state index contributed by atoms with van der Waals surface area (Å²) in [6, 6.07) is 4.16. The summed E-state index contributed by atoms with van der Waals surface area (Å²) in [5.41, 5.74) is -0.702. The Hall–Kier alpha value is -2.90. The molecule has 1 aliphatic heterocycles. The number of anilines is 1. The minimum atomic E-state index is -0.833. The first kappa shape index (κ1) is 13.1. The fourth-order valence-electron chi connectivity index (χ4n) is 2.34. The van der Waals surface area contributed by atoms with Crippen LogP contribution in [0.5, 0.6) is 0 Å². The molecule has 0 saturated heterocycles. The molecule has 1 aliphatic rings. The van der Waals surface area contributed by atoms with Gasteiger partial charge in [-0.05, 0) is 17.7 Å². The normalized spacial score (nSPS) is 16.9. The van der Waals surface area contributed by atoms with Crippen LogP contribution in [0.15, 0.2) is 33.9 Å². The quantitative estimate of drug-likeness (QED) is 0.711. The molecular weight excluding hydrogens is 279 g/mol. The number of amides is 2. The molecule has 8 heteroatoms. The smallest absolute Gasteiger partial charge is 0.327 e. The number of hydrogen-bond acceptors (Lipinski definition) is 3. The zero-order valence-corrected chi connectivity index (χ0v) is 10.9. The highest BCUT2D eigenvalue weighted by Crippen LogP contribution is 2.27. The third kappa shape index (κ3) is 2.10. The minimum Gasteiger partial charge on any atom is -0.327 e. The van der Waals surface area contributed by atoms with Crippen LogP contribution in [-0.2, 0) is 7.05 Å². The van der Waals surface area contributed by atoms with Crippen molar-refractivity contribution in [3.05, 3.63) is 62.0 Å². The van der Waals surface area contributed by atoms with Gasteiger partial charge in [-0.15, -0.1) is 0 Å². The summed E-state index contributed by atoms with van der Waals surface area (Å²) >= 11 is 0. The highest BCUT2D eigenvalue weighted by atomic mass is 19.1. The van der Waals surface area contributed by atoms with Gasteiger partial charge in [0.2, 0.25) is 0 Å². The van der Waals surface area contributed by atoms with Crippen LogP contribution in [0.4, 0.5) is 15.0 Å². The van der Waals surface area contributed by atoms with Gasteiger partial charge in [0, 0.05) is 7.05 Å². The minimum absolute atomic E-state index is 0.0989. The van der Waals surface area contributed by atoms with Crippen molar-refractivity contribution in [2.45, 2.75) is 6.04 Å². The maximum absolute atomic E-state index is 13.4. The highest BCUT2D eigenvalue weighted by molar-refractivity contribution is 5.92. The second-order valence-electron chi connectivity index (χ2n) is 4.67. The summed E-state index contributed by atoms with van der Waals surface area (Å²) in [5.74, 6) is -0.384. The molecule has 3 rings (SSSR count). The Labute approximate surface area is 117 Å². The van der Waals surface area contributed by atoms with E-state index in [-0.39, 0.29) is 11.4 Å². The molecule has 0 aliphatic carbocycles. The Morgan fingerprint density at radius 3 is 2.71 bits per heavy atom. The molecule has 1 aromatic carbocycles. The van der Waals surface area contributed by atoms with E-state index in [1.165, 1.54) is 25.2 Å². The van der Waals surface area contributed by atoms with Gasteiger partial charge in [-0.2, -0.15) is 0 Å². The van der Waals surface area contributed by atoms with Crippen LogP contribution in [-0.4, -0.2) is 15.6 Å². The lowest BCUT2D eigenvalue weighted by Crippen LogP contribution is -2.46. The molecule has 0 saturated carbocycles. The maximum atomic E-state index is 13.4. The van der Waals surface area contributed by atoms with Gasteiger partial charge in [0.25, 0.3) is 5.56 Å². The number of urea groups is 1. The lowest BCUT2D eigenvalue weighted by atomic mass is 9.98. The number of benzene rings is 1. The molecule has 3 N–H and O–H groups in total. The second-order valence-corrected chi connectivity index (χ2v) is 4.67. The number of carbonyl (C=O) groups excluding carboxylic acids is 1. The summed E-state index contributed by atoms with van der Waals surface area (Å²) in [7, 11) is 1.42. The predicted octanol–water partition coefficient (Wildman–Crippen LogP) is 0.437. The zero-order valence-electron chi connectivity index (χ0n) is 10.9. The molecule has 2 amide bonds. The summed E-state index contributed by atoms with van der Waals surface area (Å²) < 4.78 is 14.5. The summed E-state index contributed by atoms with van der Waals surface area (Å²) in [6.45, 7) is 0. The van der Waals surface area contributed by atoms with Crippen LogP contribution in [0.3, 0.4) is 0 Å². The van der Waals surface area contributed by atoms with Gasteiger partial charge in [-0.1, -0.05) is 12.1 Å². The van der Waals surface area contributed by atoms with E-state index in [4.69, 9.17) is 0 Å². The fourth-order valence-corrected chi connectivity index (χ4v) is 2.34. The van der Waals surface area contributed by atoms with Crippen molar-refractivity contribution in [3.8, 4) is 0 Å². The Kier molecular flexibility index (Phi) is 2.86. The van der Waals surface area contributed by atoms with E-state index >= 15 is 0 Å². The molecular formula is C13H11FN4O3. The molecule has 7 nitrogen and oxygen atoms in total. The van der Waals surface area contributed by atoms with Gasteiger partial charge in [0.1, 0.15) is 11.6 Å². The molecule has 108 valence electrons. The monoisotopic (exact) mass is 290 g/mol. The van der Waals surface area contributed by atoms with Gasteiger partial charge < -0.3 is 5.32 Å². The Balaban J connectivity index is 2.28. The first-order valence-electron chi connectivity index (χ1n) is 6.13. The largest absolute Gasteiger partial charge is 0.329 e. The van der Waals surface area contributed by atoms with Crippen molar-refractivity contribution in [1.82, 2.24) is 14.9 Å². The van der Waals surface area contributed by atoms with Crippen LogP contribution in [0.25, 0.3) is 0 Å². The van der Waals surface area contributed by atoms with Crippen molar-refractivity contribution < 1.29 is 9.18 Å². The Morgan fingerprint density at radius 1 is 1.24 bits per heavy atom. The number of fused-ring (bicyclic) bond motifs is 1. The molecule has 2 heterocycles. The molecule has 0 radical (unpaired) electrons. The highest BCUT2D eigenvalue weighted by Gasteiger charge is 2.30. The second kappa shape index (κ2) is 4.58. The SMILES string of the molecule is Cn1c2c(c(=O)[nH]c1=O)C(c1cccc(F)c1)NC(=O)N2. The molecule has 0 bridgehead atoms. The van der Waals surface area contributed by atoms with Crippen molar-refractivity contribution in [3.63, 3.8) is 0 Å². The third-order valence-corrected chi connectivity index (χ3v) is 3.34. The lowest BCUT2D eigenvalue weighted by molar-refractivity contribution is 0.248. The predicted molar refractivity (Wildman–Crippen MR) is 72.7 cm³/mol. The van der Waals surface area contributed by atoms with Gasteiger partial charge in [-0.25, -0.2) is 14.0 Å². The number of rotatable bonds is 1. The molecule has 21 heavy (non-hydrogen) atoms. The molecule has 2 aromatic rings. The first-order chi connectivity index (χ1) is 9.97. The van der Waals surface area contributed by atoms with E-state index in [1.807, 2.05) is 0 Å². The van der Waals surface area contributed by atoms with Gasteiger partial charge in [0.15, 0.2) is 0 Å². The van der Waals surface area contributed by atoms with Crippen LogP contribution in [0.1, 0.15) is 17.2 Å². The van der Waals surface area contributed by atoms with E-state index in [0.717, 1.165) is 4.57 Å². The van der Waals surface area contributed by atoms with Crippen molar-refractivity contribution in [1.29, 1.82) is 0 Å². The van der Waals surface area contributed by atoms with Gasteiger partial charge in [-0.3, -0.25) is 19.7 Å². The number of nitrogens with one attached hydrogen (secondary N) is 3. The Bertz CT molecular complexity index is 855. The zero-order chi connectivity index (χ0) is 15.1. The van der Waals surface area contributed by atoms with Crippen LogP contribution in [0, 0.1) is 5.82 Å². The van der Waals surface area contributed by atoms with Gasteiger partial charge in [0.05, 0.1) is 11.6 Å². The summed E-state index contributed by atoms with van der Waals surface area (Å²) in [4.78, 5) is 37.5. The van der Waals surface area contributed by atoms with Crippen molar-refractivity contribution in [2.75, 3.05) is 5.32 Å². The maximum Gasteiger partial charge on any atom is 0.329 e. The van der Waals surface area contributed by atoms with E-state index in [0.29, 0.717) is 5.56 Å². The number of carbonyl (C=O) groups is 1. The Morgan fingerprint density at radius 2 is 2.00 bits per heavy atom. The number of halogens is 1. The number of aromatic amines is 1. The number of nitrogens with zero attached hydrogens (tertiary/aromatic N) is 1. The van der Waals surface area contributed by atoms with Crippen molar-refractivity contribution >= 4 is 11.8 Å². The average molecular weight is 290 g/mol. The first-order valence-corrected chi connectivity index (χ1v) is 6.13. The summed E-state index contributed by atoms with van der Waals surface area (Å²) in [5, 5.41) is 4.97. The van der Waals surface area contributed by atoms with Gasteiger partial charge >= 0.3 is 11.7 Å². The fraction of sp³-hybridized carbons (Fsp3) is 0.154. The average Bonchev–Trinajstić information content (AvgIpc) is 2.44. The standard InChI is InChI=1S/C13H11FN4O3/c1-18-10-8(11(19)17-13(18)21)9(15-12(20)16-10)6-3-2-4-7(14)5-6/h2-5,9H,1H3,(H2,15,16,20)(H,17,19,21). The molecule has 0 spiro atoms. The number of aromatic nitrogens is 2.